The van der Waals surface area contributed by atoms with Gasteiger partial charge in [-0.3, -0.25) is 0 Å². The Morgan fingerprint density at radius 1 is 1.42 bits per heavy atom. The third kappa shape index (κ3) is 2.42. The molecular formula is C11H14O. The molecule has 0 aliphatic heterocycles. The van der Waals surface area contributed by atoms with E-state index in [4.69, 9.17) is 5.11 Å². The van der Waals surface area contributed by atoms with Crippen molar-refractivity contribution >= 4 is 0 Å². The number of aliphatic hydroxyl groups excluding tert-OH is 1. The highest BCUT2D eigenvalue weighted by Gasteiger charge is 1.99. The summed E-state index contributed by atoms with van der Waals surface area (Å²) in [6, 6.07) is 0. The average Bonchev–Trinajstić information content (AvgIpc) is 2.09. The van der Waals surface area contributed by atoms with Crippen molar-refractivity contribution in [2.75, 3.05) is 0 Å². The van der Waals surface area contributed by atoms with Crippen molar-refractivity contribution in [3.63, 3.8) is 0 Å². The quantitative estimate of drug-likeness (QED) is 0.488. The molecule has 0 saturated heterocycles. The molecule has 0 fully saturated rings. The van der Waals surface area contributed by atoms with E-state index < -0.39 is 0 Å². The monoisotopic (exact) mass is 162 g/mol. The Balaban J connectivity index is 2.67. The molecule has 1 heteroatoms. The summed E-state index contributed by atoms with van der Waals surface area (Å²) in [7, 11) is 0. The number of hydrogen-bond donors (Lipinski definition) is 1. The third-order valence-electron chi connectivity index (χ3n) is 1.95. The zero-order valence-electron chi connectivity index (χ0n) is 7.33. The summed E-state index contributed by atoms with van der Waals surface area (Å²) in [5, 5.41) is 8.40. The Labute approximate surface area is 73.4 Å². The van der Waals surface area contributed by atoms with Crippen LogP contribution in [-0.2, 0) is 0 Å². The highest BCUT2D eigenvalue weighted by molar-refractivity contribution is 5.35. The predicted molar refractivity (Wildman–Crippen MR) is 52.0 cm³/mol. The van der Waals surface area contributed by atoms with Gasteiger partial charge in [0.15, 0.2) is 0 Å². The first-order valence-corrected chi connectivity index (χ1v) is 4.18. The van der Waals surface area contributed by atoms with Gasteiger partial charge in [0.05, 0.1) is 6.26 Å². The Morgan fingerprint density at radius 2 is 2.25 bits per heavy atom. The first-order chi connectivity index (χ1) is 5.84. The van der Waals surface area contributed by atoms with Gasteiger partial charge in [-0.15, -0.1) is 0 Å². The van der Waals surface area contributed by atoms with Crippen LogP contribution in [0.15, 0.2) is 47.8 Å². The van der Waals surface area contributed by atoms with Gasteiger partial charge in [0.1, 0.15) is 0 Å². The molecule has 12 heavy (non-hydrogen) atoms. The molecule has 0 atom stereocenters. The largest absolute Gasteiger partial charge is 0.516 e. The van der Waals surface area contributed by atoms with E-state index in [2.05, 4.69) is 19.1 Å². The topological polar surface area (TPSA) is 20.2 Å². The molecule has 1 nitrogen and oxygen atoms in total. The van der Waals surface area contributed by atoms with Gasteiger partial charge in [-0.1, -0.05) is 24.3 Å². The van der Waals surface area contributed by atoms with Gasteiger partial charge in [-0.2, -0.15) is 0 Å². The normalized spacial score (nSPS) is 18.4. The van der Waals surface area contributed by atoms with E-state index in [1.807, 2.05) is 12.2 Å². The van der Waals surface area contributed by atoms with Gasteiger partial charge in [-0.25, -0.2) is 0 Å². The van der Waals surface area contributed by atoms with E-state index in [1.165, 1.54) is 11.1 Å². The second kappa shape index (κ2) is 4.60. The van der Waals surface area contributed by atoms with Crippen LogP contribution in [-0.4, -0.2) is 5.11 Å². The van der Waals surface area contributed by atoms with E-state index in [0.717, 1.165) is 19.1 Å². The minimum absolute atomic E-state index is 1.05. The lowest BCUT2D eigenvalue weighted by Gasteiger charge is -2.07. The lowest BCUT2D eigenvalue weighted by Crippen LogP contribution is -1.88. The summed E-state index contributed by atoms with van der Waals surface area (Å²) < 4.78 is 0. The SMILES string of the molecule is CC1=C(/C=C\C=C\O)CCC=C1. The van der Waals surface area contributed by atoms with E-state index in [-0.39, 0.29) is 0 Å². The summed E-state index contributed by atoms with van der Waals surface area (Å²) in [5.74, 6) is 0. The summed E-state index contributed by atoms with van der Waals surface area (Å²) in [6.45, 7) is 2.11. The molecule has 0 aromatic rings. The Bertz CT molecular complexity index is 254. The van der Waals surface area contributed by atoms with Crippen LogP contribution >= 0.6 is 0 Å². The minimum Gasteiger partial charge on any atom is -0.516 e. The molecule has 0 aromatic carbocycles. The van der Waals surface area contributed by atoms with Gasteiger partial charge in [0.2, 0.25) is 0 Å². The van der Waals surface area contributed by atoms with E-state index in [0.29, 0.717) is 0 Å². The summed E-state index contributed by atoms with van der Waals surface area (Å²) in [5.41, 5.74) is 2.68. The lowest BCUT2D eigenvalue weighted by atomic mass is 9.98. The van der Waals surface area contributed by atoms with Gasteiger partial charge in [0.25, 0.3) is 0 Å². The smallest absolute Gasteiger partial charge is 0.0791 e. The van der Waals surface area contributed by atoms with E-state index >= 15 is 0 Å². The predicted octanol–water partition coefficient (Wildman–Crippen LogP) is 3.28. The van der Waals surface area contributed by atoms with Crippen LogP contribution in [0.25, 0.3) is 0 Å². The molecule has 1 aliphatic rings. The number of aliphatic hydroxyl groups is 1. The first-order valence-electron chi connectivity index (χ1n) is 4.18. The lowest BCUT2D eigenvalue weighted by molar-refractivity contribution is 0.474. The molecule has 1 aliphatic carbocycles. The average molecular weight is 162 g/mol. The second-order valence-corrected chi connectivity index (χ2v) is 2.85. The second-order valence-electron chi connectivity index (χ2n) is 2.85. The zero-order chi connectivity index (χ0) is 8.81. The Morgan fingerprint density at radius 3 is 2.92 bits per heavy atom. The van der Waals surface area contributed by atoms with Crippen molar-refractivity contribution in [1.82, 2.24) is 0 Å². The molecule has 0 aromatic heterocycles. The number of allylic oxidation sites excluding steroid dienone is 7. The molecule has 0 saturated carbocycles. The van der Waals surface area contributed by atoms with E-state index in [9.17, 15) is 0 Å². The van der Waals surface area contributed by atoms with Crippen LogP contribution in [0.5, 0.6) is 0 Å². The molecular weight excluding hydrogens is 148 g/mol. The van der Waals surface area contributed by atoms with E-state index in [1.54, 1.807) is 6.08 Å². The fourth-order valence-electron chi connectivity index (χ4n) is 1.24. The third-order valence-corrected chi connectivity index (χ3v) is 1.95. The van der Waals surface area contributed by atoms with Gasteiger partial charge < -0.3 is 5.11 Å². The maximum absolute atomic E-state index is 8.40. The fourth-order valence-corrected chi connectivity index (χ4v) is 1.24. The Kier molecular flexibility index (Phi) is 3.39. The maximum atomic E-state index is 8.40. The standard InChI is InChI=1S/C11H14O/c1-10-6-2-3-7-11(10)8-4-5-9-12/h2,4-6,8-9,12H,3,7H2,1H3/b8-4-,9-5+. The summed E-state index contributed by atoms with van der Waals surface area (Å²) >= 11 is 0. The van der Waals surface area contributed by atoms with Crippen LogP contribution in [0, 0.1) is 0 Å². The molecule has 0 spiro atoms. The summed E-state index contributed by atoms with van der Waals surface area (Å²) in [4.78, 5) is 0. The summed E-state index contributed by atoms with van der Waals surface area (Å²) in [6.07, 6.45) is 13.1. The minimum atomic E-state index is 1.05. The van der Waals surface area contributed by atoms with Crippen molar-refractivity contribution in [2.45, 2.75) is 19.8 Å². The molecule has 0 amide bonds. The van der Waals surface area contributed by atoms with Crippen molar-refractivity contribution in [2.24, 2.45) is 0 Å². The zero-order valence-corrected chi connectivity index (χ0v) is 7.33. The van der Waals surface area contributed by atoms with Crippen LogP contribution in [0.1, 0.15) is 19.8 Å². The molecule has 0 unspecified atom stereocenters. The molecule has 64 valence electrons. The molecule has 0 bridgehead atoms. The van der Waals surface area contributed by atoms with Gasteiger partial charge in [-0.05, 0) is 37.0 Å². The maximum Gasteiger partial charge on any atom is 0.0791 e. The number of hydrogen-bond acceptors (Lipinski definition) is 1. The van der Waals surface area contributed by atoms with Crippen LogP contribution < -0.4 is 0 Å². The van der Waals surface area contributed by atoms with Crippen LogP contribution in [0.3, 0.4) is 0 Å². The van der Waals surface area contributed by atoms with Gasteiger partial charge >= 0.3 is 0 Å². The van der Waals surface area contributed by atoms with Crippen molar-refractivity contribution in [3.05, 3.63) is 47.8 Å². The molecule has 1 N–H and O–H groups in total. The van der Waals surface area contributed by atoms with Crippen molar-refractivity contribution in [3.8, 4) is 0 Å². The fraction of sp³-hybridized carbons (Fsp3) is 0.273. The highest BCUT2D eigenvalue weighted by Crippen LogP contribution is 2.19. The van der Waals surface area contributed by atoms with Crippen LogP contribution in [0.2, 0.25) is 0 Å². The number of rotatable bonds is 2. The van der Waals surface area contributed by atoms with Crippen molar-refractivity contribution in [1.29, 1.82) is 0 Å². The molecule has 0 heterocycles. The Hall–Kier alpha value is -1.24. The first kappa shape index (κ1) is 8.85. The molecule has 1 rings (SSSR count). The highest BCUT2D eigenvalue weighted by atomic mass is 16.2. The van der Waals surface area contributed by atoms with Crippen LogP contribution in [0.4, 0.5) is 0 Å². The van der Waals surface area contributed by atoms with Gasteiger partial charge in [0, 0.05) is 0 Å². The molecule has 0 radical (unpaired) electrons. The van der Waals surface area contributed by atoms with Crippen molar-refractivity contribution < 1.29 is 5.11 Å².